The monoisotopic (exact) mass is 380 g/mol. The van der Waals surface area contributed by atoms with Crippen molar-refractivity contribution in [1.29, 1.82) is 0 Å². The molecule has 0 spiro atoms. The smallest absolute Gasteiger partial charge is 0.258 e. The van der Waals surface area contributed by atoms with Crippen molar-refractivity contribution < 1.29 is 4.79 Å². The van der Waals surface area contributed by atoms with E-state index in [0.29, 0.717) is 16.5 Å². The molecule has 2 aromatic rings. The summed E-state index contributed by atoms with van der Waals surface area (Å²) < 4.78 is 0. The summed E-state index contributed by atoms with van der Waals surface area (Å²) >= 11 is 17.0. The number of hydrogen-bond acceptors (Lipinski definition) is 2. The zero-order valence-electron chi connectivity index (χ0n) is 13.4. The highest BCUT2D eigenvalue weighted by molar-refractivity contribution is 7.80. The molecular weight excluding hydrogens is 363 g/mol. The second-order valence-electron chi connectivity index (χ2n) is 5.46. The zero-order chi connectivity index (χ0) is 17.7. The van der Waals surface area contributed by atoms with E-state index < -0.39 is 0 Å². The van der Waals surface area contributed by atoms with Crippen LogP contribution >= 0.6 is 35.4 Å². The minimum atomic E-state index is -0.384. The van der Waals surface area contributed by atoms with Gasteiger partial charge in [-0.3, -0.25) is 10.1 Å². The van der Waals surface area contributed by atoms with Crippen LogP contribution in [0.1, 0.15) is 42.1 Å². The molecule has 0 aromatic heterocycles. The molecule has 126 valence electrons. The molecule has 1 atom stereocenters. The molecule has 0 aliphatic rings. The fourth-order valence-electron chi connectivity index (χ4n) is 2.14. The molecule has 24 heavy (non-hydrogen) atoms. The first-order chi connectivity index (χ1) is 11.4. The van der Waals surface area contributed by atoms with E-state index in [-0.39, 0.29) is 16.0 Å². The van der Waals surface area contributed by atoms with Crippen LogP contribution in [0.25, 0.3) is 0 Å². The van der Waals surface area contributed by atoms with Gasteiger partial charge in [0.2, 0.25) is 0 Å². The van der Waals surface area contributed by atoms with Gasteiger partial charge in [0.1, 0.15) is 0 Å². The van der Waals surface area contributed by atoms with E-state index >= 15 is 0 Å². The van der Waals surface area contributed by atoms with E-state index in [1.165, 1.54) is 11.6 Å². The number of hydrogen-bond donors (Lipinski definition) is 2. The van der Waals surface area contributed by atoms with E-state index in [0.717, 1.165) is 12.1 Å². The Hall–Kier alpha value is -1.62. The Bertz CT molecular complexity index is 747. The Labute approximate surface area is 157 Å². The number of benzene rings is 2. The zero-order valence-corrected chi connectivity index (χ0v) is 15.7. The standard InChI is InChI=1S/C18H18Cl2N2OS/c1-3-11(2)12-4-7-14(8-5-12)21-18(24)22-17(23)15-9-6-13(19)10-16(15)20/h4-11H,3H2,1-2H3,(H2,21,22,23,24). The third kappa shape index (κ3) is 4.94. The van der Waals surface area contributed by atoms with Crippen molar-refractivity contribution >= 4 is 52.1 Å². The van der Waals surface area contributed by atoms with Gasteiger partial charge in [0.05, 0.1) is 10.6 Å². The first-order valence-corrected chi connectivity index (χ1v) is 8.74. The molecule has 0 aliphatic carbocycles. The lowest BCUT2D eigenvalue weighted by Gasteiger charge is -2.12. The summed E-state index contributed by atoms with van der Waals surface area (Å²) in [6, 6.07) is 12.7. The molecular formula is C18H18Cl2N2OS. The van der Waals surface area contributed by atoms with Gasteiger partial charge in [0.25, 0.3) is 5.91 Å². The molecule has 2 aromatic carbocycles. The summed E-state index contributed by atoms with van der Waals surface area (Å²) in [7, 11) is 0. The summed E-state index contributed by atoms with van der Waals surface area (Å²) in [6.07, 6.45) is 1.09. The second-order valence-corrected chi connectivity index (χ2v) is 6.72. The van der Waals surface area contributed by atoms with Crippen LogP contribution in [0.2, 0.25) is 10.0 Å². The Morgan fingerprint density at radius 3 is 2.42 bits per heavy atom. The average molecular weight is 381 g/mol. The van der Waals surface area contributed by atoms with Gasteiger partial charge in [-0.15, -0.1) is 0 Å². The van der Waals surface area contributed by atoms with Crippen molar-refractivity contribution in [3.8, 4) is 0 Å². The number of carbonyl (C=O) groups is 1. The highest BCUT2D eigenvalue weighted by Gasteiger charge is 2.12. The molecule has 6 heteroatoms. The van der Waals surface area contributed by atoms with E-state index in [1.807, 2.05) is 12.1 Å². The largest absolute Gasteiger partial charge is 0.332 e. The van der Waals surface area contributed by atoms with Gasteiger partial charge >= 0.3 is 0 Å². The fraction of sp³-hybridized carbons (Fsp3) is 0.222. The number of anilines is 1. The molecule has 0 saturated heterocycles. The molecule has 0 bridgehead atoms. The van der Waals surface area contributed by atoms with E-state index in [4.69, 9.17) is 35.4 Å². The van der Waals surface area contributed by atoms with Crippen molar-refractivity contribution in [1.82, 2.24) is 5.32 Å². The number of nitrogens with one attached hydrogen (secondary N) is 2. The van der Waals surface area contributed by atoms with Crippen molar-refractivity contribution in [2.45, 2.75) is 26.2 Å². The molecule has 0 heterocycles. The number of rotatable bonds is 4. The molecule has 0 radical (unpaired) electrons. The van der Waals surface area contributed by atoms with Crippen molar-refractivity contribution in [3.05, 3.63) is 63.6 Å². The summed E-state index contributed by atoms with van der Waals surface area (Å²) in [5, 5.41) is 6.56. The average Bonchev–Trinajstić information content (AvgIpc) is 2.54. The first kappa shape index (κ1) is 18.7. The van der Waals surface area contributed by atoms with Crippen molar-refractivity contribution in [2.75, 3.05) is 5.32 Å². The lowest BCUT2D eigenvalue weighted by molar-refractivity contribution is 0.0978. The van der Waals surface area contributed by atoms with Gasteiger partial charge in [-0.2, -0.15) is 0 Å². The summed E-state index contributed by atoms with van der Waals surface area (Å²) in [4.78, 5) is 12.2. The van der Waals surface area contributed by atoms with E-state index in [1.54, 1.807) is 12.1 Å². The number of thiocarbonyl (C=S) groups is 1. The van der Waals surface area contributed by atoms with Crippen LogP contribution in [-0.4, -0.2) is 11.0 Å². The second kappa shape index (κ2) is 8.47. The summed E-state index contributed by atoms with van der Waals surface area (Å²) in [6.45, 7) is 4.34. The minimum Gasteiger partial charge on any atom is -0.332 e. The number of carbonyl (C=O) groups excluding carboxylic acids is 1. The highest BCUT2D eigenvalue weighted by atomic mass is 35.5. The SMILES string of the molecule is CCC(C)c1ccc(NC(=S)NC(=O)c2ccc(Cl)cc2Cl)cc1. The number of amides is 1. The van der Waals surface area contributed by atoms with E-state index in [9.17, 15) is 4.79 Å². The Morgan fingerprint density at radius 1 is 1.17 bits per heavy atom. The van der Waals surface area contributed by atoms with Gasteiger partial charge in [0, 0.05) is 10.7 Å². The van der Waals surface area contributed by atoms with Crippen LogP contribution in [-0.2, 0) is 0 Å². The van der Waals surface area contributed by atoms with Crippen LogP contribution < -0.4 is 10.6 Å². The number of halogens is 2. The Morgan fingerprint density at radius 2 is 1.83 bits per heavy atom. The van der Waals surface area contributed by atoms with Gasteiger partial charge < -0.3 is 5.32 Å². The summed E-state index contributed by atoms with van der Waals surface area (Å²) in [5.74, 6) is 0.128. The molecule has 0 saturated carbocycles. The summed E-state index contributed by atoms with van der Waals surface area (Å²) in [5.41, 5.74) is 2.40. The Balaban J connectivity index is 1.98. The predicted molar refractivity (Wildman–Crippen MR) is 105 cm³/mol. The molecule has 2 N–H and O–H groups in total. The quantitative estimate of drug-likeness (QED) is 0.674. The van der Waals surface area contributed by atoms with Crippen molar-refractivity contribution in [3.63, 3.8) is 0 Å². The molecule has 0 aliphatic heterocycles. The highest BCUT2D eigenvalue weighted by Crippen LogP contribution is 2.22. The Kier molecular flexibility index (Phi) is 6.60. The topological polar surface area (TPSA) is 41.1 Å². The fourth-order valence-corrected chi connectivity index (χ4v) is 2.84. The first-order valence-electron chi connectivity index (χ1n) is 7.58. The van der Waals surface area contributed by atoms with Crippen LogP contribution in [0.4, 0.5) is 5.69 Å². The molecule has 2 rings (SSSR count). The van der Waals surface area contributed by atoms with Gasteiger partial charge in [-0.05, 0) is 60.5 Å². The third-order valence-electron chi connectivity index (χ3n) is 3.75. The molecule has 0 fully saturated rings. The maximum absolute atomic E-state index is 12.2. The van der Waals surface area contributed by atoms with Gasteiger partial charge in [-0.1, -0.05) is 49.2 Å². The molecule has 1 amide bonds. The van der Waals surface area contributed by atoms with E-state index in [2.05, 4.69) is 36.6 Å². The van der Waals surface area contributed by atoms with Crippen molar-refractivity contribution in [2.24, 2.45) is 0 Å². The minimum absolute atomic E-state index is 0.210. The van der Waals surface area contributed by atoms with Crippen LogP contribution in [0.5, 0.6) is 0 Å². The molecule has 3 nitrogen and oxygen atoms in total. The lowest BCUT2D eigenvalue weighted by atomic mass is 9.99. The van der Waals surface area contributed by atoms with Crippen LogP contribution in [0.3, 0.4) is 0 Å². The third-order valence-corrected chi connectivity index (χ3v) is 4.50. The normalized spacial score (nSPS) is 11.7. The maximum Gasteiger partial charge on any atom is 0.258 e. The van der Waals surface area contributed by atoms with Gasteiger partial charge in [0.15, 0.2) is 5.11 Å². The van der Waals surface area contributed by atoms with Crippen LogP contribution in [0.15, 0.2) is 42.5 Å². The van der Waals surface area contributed by atoms with Gasteiger partial charge in [-0.25, -0.2) is 0 Å². The predicted octanol–water partition coefficient (Wildman–Crippen LogP) is 5.63. The lowest BCUT2D eigenvalue weighted by Crippen LogP contribution is -2.34. The van der Waals surface area contributed by atoms with Crippen LogP contribution in [0, 0.1) is 0 Å². The molecule has 1 unspecified atom stereocenters. The maximum atomic E-state index is 12.2.